The summed E-state index contributed by atoms with van der Waals surface area (Å²) in [5.74, 6) is 1.53. The maximum absolute atomic E-state index is 13.8. The molecule has 1 aliphatic carbocycles. The fraction of sp³-hybridized carbons (Fsp3) is 0.630. The molecule has 4 aliphatic rings. The number of carbonyl (C=O) groups is 2. The second kappa shape index (κ2) is 8.33. The lowest BCUT2D eigenvalue weighted by Crippen LogP contribution is -2.43. The number of benzene rings is 1. The van der Waals surface area contributed by atoms with Gasteiger partial charge in [-0.2, -0.15) is 0 Å². The van der Waals surface area contributed by atoms with Crippen LogP contribution in [0.1, 0.15) is 76.5 Å². The van der Waals surface area contributed by atoms with Gasteiger partial charge in [-0.25, -0.2) is 0 Å². The number of rotatable bonds is 4. The molecule has 3 aliphatic heterocycles. The largest absolute Gasteiger partial charge is 0.483 e. The number of Topliss-reactive ketones (excluding diaryl/α,β-unsaturated/α-hetero) is 1. The number of nitrogens with zero attached hydrogens (tertiary/aromatic N) is 1. The van der Waals surface area contributed by atoms with Crippen molar-refractivity contribution in [1.29, 1.82) is 0 Å². The van der Waals surface area contributed by atoms with Gasteiger partial charge in [0.1, 0.15) is 6.10 Å². The number of fused-ring (bicyclic) bond motifs is 1. The Balaban J connectivity index is 1.53. The highest BCUT2D eigenvalue weighted by atomic mass is 16.5. The molecule has 5 nitrogen and oxygen atoms in total. The maximum atomic E-state index is 13.8. The quantitative estimate of drug-likeness (QED) is 0.680. The standard InChI is InChI=1S/C27H35NO4/c1-15(2)18-7-9-19(10-8-18)24-23-25(29)21-12-16(3)17(4)13-22(21)32-26(23)27(30)28(24)14-20-6-5-11-31-20/h7-10,15-17,20-22,24H,5-6,11-14H2,1-4H3. The predicted octanol–water partition coefficient (Wildman–Crippen LogP) is 4.78. The molecule has 1 aromatic rings. The summed E-state index contributed by atoms with van der Waals surface area (Å²) in [7, 11) is 0. The highest BCUT2D eigenvalue weighted by Crippen LogP contribution is 2.48. The number of hydrogen-bond acceptors (Lipinski definition) is 4. The van der Waals surface area contributed by atoms with Crippen molar-refractivity contribution in [3.05, 3.63) is 46.7 Å². The summed E-state index contributed by atoms with van der Waals surface area (Å²) in [5.41, 5.74) is 2.81. The van der Waals surface area contributed by atoms with Gasteiger partial charge in [-0.15, -0.1) is 0 Å². The number of carbonyl (C=O) groups excluding carboxylic acids is 2. The molecule has 0 N–H and O–H groups in total. The normalized spacial score (nSPS) is 34.7. The fourth-order valence-electron chi connectivity index (χ4n) is 5.91. The molecule has 0 bridgehead atoms. The van der Waals surface area contributed by atoms with E-state index >= 15 is 0 Å². The summed E-state index contributed by atoms with van der Waals surface area (Å²) < 4.78 is 12.2. The van der Waals surface area contributed by atoms with E-state index in [0.717, 1.165) is 37.9 Å². The minimum absolute atomic E-state index is 0.0233. The van der Waals surface area contributed by atoms with Crippen LogP contribution in [0.5, 0.6) is 0 Å². The fourth-order valence-corrected chi connectivity index (χ4v) is 5.91. The van der Waals surface area contributed by atoms with E-state index in [1.807, 2.05) is 4.90 Å². The Bertz CT molecular complexity index is 927. The van der Waals surface area contributed by atoms with E-state index in [2.05, 4.69) is 52.0 Å². The second-order valence-corrected chi connectivity index (χ2v) is 10.6. The average molecular weight is 438 g/mol. The van der Waals surface area contributed by atoms with E-state index in [-0.39, 0.29) is 35.9 Å². The lowest BCUT2D eigenvalue weighted by molar-refractivity contribution is -0.138. The van der Waals surface area contributed by atoms with Crippen molar-refractivity contribution < 1.29 is 19.1 Å². The molecule has 172 valence electrons. The van der Waals surface area contributed by atoms with Crippen molar-refractivity contribution in [1.82, 2.24) is 4.90 Å². The van der Waals surface area contributed by atoms with Crippen LogP contribution < -0.4 is 0 Å². The second-order valence-electron chi connectivity index (χ2n) is 10.6. The van der Waals surface area contributed by atoms with Gasteiger partial charge in [-0.05, 0) is 54.6 Å². The van der Waals surface area contributed by atoms with Gasteiger partial charge in [0.2, 0.25) is 0 Å². The number of ketones is 1. The first-order valence-corrected chi connectivity index (χ1v) is 12.3. The molecule has 1 amide bonds. The highest BCUT2D eigenvalue weighted by Gasteiger charge is 2.53. The van der Waals surface area contributed by atoms with Gasteiger partial charge < -0.3 is 14.4 Å². The van der Waals surface area contributed by atoms with Crippen LogP contribution in [0.25, 0.3) is 0 Å². The van der Waals surface area contributed by atoms with Crippen LogP contribution in [0.4, 0.5) is 0 Å². The molecule has 6 atom stereocenters. The molecule has 1 saturated heterocycles. The Morgan fingerprint density at radius 3 is 2.44 bits per heavy atom. The van der Waals surface area contributed by atoms with E-state index in [9.17, 15) is 9.59 Å². The summed E-state index contributed by atoms with van der Waals surface area (Å²) in [6, 6.07) is 8.02. The third-order valence-electron chi connectivity index (χ3n) is 8.15. The van der Waals surface area contributed by atoms with E-state index in [1.165, 1.54) is 5.56 Å². The molecule has 32 heavy (non-hydrogen) atoms. The Morgan fingerprint density at radius 1 is 1.06 bits per heavy atom. The lowest BCUT2D eigenvalue weighted by atomic mass is 9.70. The zero-order valence-electron chi connectivity index (χ0n) is 19.7. The third kappa shape index (κ3) is 3.59. The number of ether oxygens (including phenoxy) is 2. The molecular formula is C27H35NO4. The molecule has 1 aromatic carbocycles. The van der Waals surface area contributed by atoms with Crippen LogP contribution in [0.15, 0.2) is 35.6 Å². The minimum atomic E-state index is -0.383. The van der Waals surface area contributed by atoms with E-state index < -0.39 is 0 Å². The van der Waals surface area contributed by atoms with Crippen molar-refractivity contribution in [2.75, 3.05) is 13.2 Å². The Labute approximate surface area is 191 Å². The molecular weight excluding hydrogens is 402 g/mol. The first kappa shape index (κ1) is 21.7. The minimum Gasteiger partial charge on any atom is -0.483 e. The highest BCUT2D eigenvalue weighted by molar-refractivity contribution is 6.11. The van der Waals surface area contributed by atoms with Crippen molar-refractivity contribution in [2.45, 2.75) is 77.5 Å². The van der Waals surface area contributed by atoms with Crippen LogP contribution in [0.3, 0.4) is 0 Å². The van der Waals surface area contributed by atoms with Crippen LogP contribution in [-0.4, -0.2) is 41.9 Å². The monoisotopic (exact) mass is 437 g/mol. The molecule has 3 heterocycles. The van der Waals surface area contributed by atoms with E-state index in [4.69, 9.17) is 9.47 Å². The Hall–Kier alpha value is -2.14. The van der Waals surface area contributed by atoms with Gasteiger partial charge in [0.25, 0.3) is 5.91 Å². The zero-order valence-corrected chi connectivity index (χ0v) is 19.7. The summed E-state index contributed by atoms with van der Waals surface area (Å²) in [6.07, 6.45) is 3.48. The summed E-state index contributed by atoms with van der Waals surface area (Å²) >= 11 is 0. The van der Waals surface area contributed by atoms with Crippen molar-refractivity contribution in [3.63, 3.8) is 0 Å². The molecule has 5 rings (SSSR count). The third-order valence-corrected chi connectivity index (χ3v) is 8.15. The van der Waals surface area contributed by atoms with Gasteiger partial charge in [0.05, 0.1) is 23.6 Å². The molecule has 6 unspecified atom stereocenters. The van der Waals surface area contributed by atoms with Crippen molar-refractivity contribution in [3.8, 4) is 0 Å². The van der Waals surface area contributed by atoms with Gasteiger partial charge in [0.15, 0.2) is 11.5 Å². The first-order chi connectivity index (χ1) is 15.3. The molecule has 0 spiro atoms. The smallest absolute Gasteiger partial charge is 0.290 e. The molecule has 0 radical (unpaired) electrons. The molecule has 1 saturated carbocycles. The van der Waals surface area contributed by atoms with Crippen molar-refractivity contribution in [2.24, 2.45) is 17.8 Å². The lowest BCUT2D eigenvalue weighted by Gasteiger charge is -2.40. The van der Waals surface area contributed by atoms with E-state index in [0.29, 0.717) is 35.6 Å². The Kier molecular flexibility index (Phi) is 5.65. The Morgan fingerprint density at radius 2 is 1.78 bits per heavy atom. The summed E-state index contributed by atoms with van der Waals surface area (Å²) in [5, 5.41) is 0. The SMILES string of the molecule is CC(C)c1ccc(C2C3=C(OC4CC(C)C(C)CC4C3=O)C(=O)N2CC2CCCO2)cc1. The van der Waals surface area contributed by atoms with Crippen molar-refractivity contribution >= 4 is 11.7 Å². The van der Waals surface area contributed by atoms with Gasteiger partial charge in [-0.3, -0.25) is 9.59 Å². The summed E-state index contributed by atoms with van der Waals surface area (Å²) in [4.78, 5) is 29.3. The summed E-state index contributed by atoms with van der Waals surface area (Å²) in [6.45, 7) is 10.0. The van der Waals surface area contributed by atoms with Gasteiger partial charge in [-0.1, -0.05) is 52.0 Å². The zero-order chi connectivity index (χ0) is 22.6. The first-order valence-electron chi connectivity index (χ1n) is 12.3. The van der Waals surface area contributed by atoms with Crippen LogP contribution >= 0.6 is 0 Å². The topological polar surface area (TPSA) is 55.8 Å². The van der Waals surface area contributed by atoms with Gasteiger partial charge in [0, 0.05) is 13.2 Å². The van der Waals surface area contributed by atoms with Crippen LogP contribution in [-0.2, 0) is 19.1 Å². The molecule has 0 aromatic heterocycles. The van der Waals surface area contributed by atoms with Crippen LogP contribution in [0, 0.1) is 17.8 Å². The van der Waals surface area contributed by atoms with E-state index in [1.54, 1.807) is 0 Å². The van der Waals surface area contributed by atoms with Crippen LogP contribution in [0.2, 0.25) is 0 Å². The molecule has 2 fully saturated rings. The molecule has 5 heteroatoms. The van der Waals surface area contributed by atoms with Gasteiger partial charge >= 0.3 is 0 Å². The maximum Gasteiger partial charge on any atom is 0.290 e. The number of hydrogen-bond donors (Lipinski definition) is 0. The number of amides is 1. The average Bonchev–Trinajstić information content (AvgIpc) is 3.38. The predicted molar refractivity (Wildman–Crippen MR) is 122 cm³/mol.